The molecular weight excluding hydrogens is 276 g/mol. The molecule has 0 unspecified atom stereocenters. The van der Waals surface area contributed by atoms with Gasteiger partial charge in [0.1, 0.15) is 11.5 Å². The van der Waals surface area contributed by atoms with Crippen LogP contribution in [0.4, 0.5) is 0 Å². The van der Waals surface area contributed by atoms with E-state index in [4.69, 9.17) is 4.74 Å². The highest BCUT2D eigenvalue weighted by Crippen LogP contribution is 2.26. The molecule has 2 rings (SSSR count). The van der Waals surface area contributed by atoms with Crippen molar-refractivity contribution in [2.75, 3.05) is 0 Å². The van der Waals surface area contributed by atoms with Crippen molar-refractivity contribution >= 4 is 15.9 Å². The molecular formula is C15H15BrO. The van der Waals surface area contributed by atoms with Gasteiger partial charge in [-0.2, -0.15) is 0 Å². The maximum atomic E-state index is 5.87. The predicted molar refractivity (Wildman–Crippen MR) is 75.1 cm³/mol. The Kier molecular flexibility index (Phi) is 3.85. The maximum Gasteiger partial charge on any atom is 0.130 e. The number of rotatable bonds is 3. The van der Waals surface area contributed by atoms with E-state index >= 15 is 0 Å². The van der Waals surface area contributed by atoms with Crippen molar-refractivity contribution in [2.45, 2.75) is 19.2 Å². The van der Waals surface area contributed by atoms with E-state index in [0.29, 0.717) is 0 Å². The molecule has 17 heavy (non-hydrogen) atoms. The first-order chi connectivity index (χ1) is 8.20. The summed E-state index contributed by atoms with van der Waals surface area (Å²) in [6, 6.07) is 14.2. The van der Waals surface area contributed by atoms with Crippen LogP contribution in [0.5, 0.6) is 11.5 Å². The summed E-state index contributed by atoms with van der Waals surface area (Å²) in [5.41, 5.74) is 3.69. The van der Waals surface area contributed by atoms with E-state index in [1.807, 2.05) is 24.3 Å². The van der Waals surface area contributed by atoms with Crippen LogP contribution >= 0.6 is 15.9 Å². The van der Waals surface area contributed by atoms with Crippen LogP contribution in [0.15, 0.2) is 42.5 Å². The summed E-state index contributed by atoms with van der Waals surface area (Å²) in [6.07, 6.45) is 0. The van der Waals surface area contributed by atoms with E-state index in [1.54, 1.807) is 0 Å². The molecule has 2 aromatic rings. The monoisotopic (exact) mass is 290 g/mol. The lowest BCUT2D eigenvalue weighted by atomic mass is 10.1. The molecule has 0 heterocycles. The SMILES string of the molecule is Cc1cc(Oc2ccccc2C)ccc1CBr. The molecule has 88 valence electrons. The molecule has 0 aromatic heterocycles. The third-order valence-electron chi connectivity index (χ3n) is 2.78. The second kappa shape index (κ2) is 5.37. The van der Waals surface area contributed by atoms with Gasteiger partial charge in [0.25, 0.3) is 0 Å². The van der Waals surface area contributed by atoms with Gasteiger partial charge in [-0.05, 0) is 48.7 Å². The summed E-state index contributed by atoms with van der Waals surface area (Å²) in [5, 5.41) is 0.878. The normalized spacial score (nSPS) is 10.3. The Balaban J connectivity index is 2.25. The van der Waals surface area contributed by atoms with Crippen molar-refractivity contribution in [2.24, 2.45) is 0 Å². The van der Waals surface area contributed by atoms with Crippen LogP contribution in [-0.4, -0.2) is 0 Å². The number of halogens is 1. The Morgan fingerprint density at radius 3 is 2.41 bits per heavy atom. The van der Waals surface area contributed by atoms with Crippen LogP contribution in [0.3, 0.4) is 0 Å². The molecule has 0 aliphatic rings. The van der Waals surface area contributed by atoms with Gasteiger partial charge < -0.3 is 4.74 Å². The topological polar surface area (TPSA) is 9.23 Å². The number of benzene rings is 2. The zero-order valence-electron chi connectivity index (χ0n) is 10.0. The molecule has 0 aliphatic carbocycles. The highest BCUT2D eigenvalue weighted by molar-refractivity contribution is 9.08. The molecule has 0 spiro atoms. The summed E-state index contributed by atoms with van der Waals surface area (Å²) in [6.45, 7) is 4.15. The van der Waals surface area contributed by atoms with E-state index in [1.165, 1.54) is 11.1 Å². The summed E-state index contributed by atoms with van der Waals surface area (Å²) in [7, 11) is 0. The first kappa shape index (κ1) is 12.2. The van der Waals surface area contributed by atoms with Gasteiger partial charge in [0, 0.05) is 5.33 Å². The van der Waals surface area contributed by atoms with Crippen LogP contribution < -0.4 is 4.74 Å². The molecule has 0 aliphatic heterocycles. The molecule has 2 aromatic carbocycles. The maximum absolute atomic E-state index is 5.87. The van der Waals surface area contributed by atoms with Crippen molar-refractivity contribution in [3.8, 4) is 11.5 Å². The van der Waals surface area contributed by atoms with Crippen molar-refractivity contribution in [3.63, 3.8) is 0 Å². The summed E-state index contributed by atoms with van der Waals surface area (Å²) in [4.78, 5) is 0. The van der Waals surface area contributed by atoms with Crippen LogP contribution in [0.1, 0.15) is 16.7 Å². The van der Waals surface area contributed by atoms with Crippen molar-refractivity contribution in [1.29, 1.82) is 0 Å². The minimum Gasteiger partial charge on any atom is -0.457 e. The molecule has 0 amide bonds. The molecule has 2 heteroatoms. The van der Waals surface area contributed by atoms with Gasteiger partial charge in [-0.1, -0.05) is 40.2 Å². The molecule has 1 nitrogen and oxygen atoms in total. The molecule has 0 fully saturated rings. The van der Waals surface area contributed by atoms with Gasteiger partial charge in [-0.15, -0.1) is 0 Å². The second-order valence-corrected chi connectivity index (χ2v) is 4.65. The average molecular weight is 291 g/mol. The summed E-state index contributed by atoms with van der Waals surface area (Å²) in [5.74, 6) is 1.81. The van der Waals surface area contributed by atoms with Gasteiger partial charge in [-0.25, -0.2) is 0 Å². The van der Waals surface area contributed by atoms with Crippen LogP contribution in [0.2, 0.25) is 0 Å². The first-order valence-electron chi connectivity index (χ1n) is 5.59. The fraction of sp³-hybridized carbons (Fsp3) is 0.200. The first-order valence-corrected chi connectivity index (χ1v) is 6.72. The molecule has 0 N–H and O–H groups in total. The van der Waals surface area contributed by atoms with Gasteiger partial charge >= 0.3 is 0 Å². The third kappa shape index (κ3) is 2.89. The molecule has 0 saturated carbocycles. The number of aryl methyl sites for hydroxylation is 2. The zero-order chi connectivity index (χ0) is 12.3. The van der Waals surface area contributed by atoms with Gasteiger partial charge in [-0.3, -0.25) is 0 Å². The van der Waals surface area contributed by atoms with E-state index in [9.17, 15) is 0 Å². The summed E-state index contributed by atoms with van der Waals surface area (Å²) >= 11 is 3.47. The third-order valence-corrected chi connectivity index (χ3v) is 3.38. The highest BCUT2D eigenvalue weighted by atomic mass is 79.9. The van der Waals surface area contributed by atoms with Crippen molar-refractivity contribution in [3.05, 3.63) is 59.2 Å². The van der Waals surface area contributed by atoms with E-state index in [0.717, 1.165) is 22.4 Å². The Morgan fingerprint density at radius 1 is 1.00 bits per heavy atom. The number of hydrogen-bond donors (Lipinski definition) is 0. The van der Waals surface area contributed by atoms with Gasteiger partial charge in [0.2, 0.25) is 0 Å². The van der Waals surface area contributed by atoms with Crippen LogP contribution in [0.25, 0.3) is 0 Å². The second-order valence-electron chi connectivity index (χ2n) is 4.09. The Hall–Kier alpha value is -1.28. The Morgan fingerprint density at radius 2 is 1.76 bits per heavy atom. The predicted octanol–water partition coefficient (Wildman–Crippen LogP) is 4.99. The minimum atomic E-state index is 0.878. The quantitative estimate of drug-likeness (QED) is 0.724. The van der Waals surface area contributed by atoms with Crippen LogP contribution in [0, 0.1) is 13.8 Å². The fourth-order valence-corrected chi connectivity index (χ4v) is 2.31. The Bertz CT molecular complexity index is 520. The zero-order valence-corrected chi connectivity index (χ0v) is 11.6. The Labute approximate surface area is 111 Å². The average Bonchev–Trinajstić information content (AvgIpc) is 2.32. The number of hydrogen-bond acceptors (Lipinski definition) is 1. The molecule has 0 saturated heterocycles. The van der Waals surface area contributed by atoms with Gasteiger partial charge in [0.15, 0.2) is 0 Å². The molecule has 0 bridgehead atoms. The van der Waals surface area contributed by atoms with Crippen molar-refractivity contribution < 1.29 is 4.74 Å². The lowest BCUT2D eigenvalue weighted by Gasteiger charge is -2.10. The van der Waals surface area contributed by atoms with E-state index in [2.05, 4.69) is 48.0 Å². The number of alkyl halides is 1. The number of ether oxygens (including phenoxy) is 1. The smallest absolute Gasteiger partial charge is 0.130 e. The largest absolute Gasteiger partial charge is 0.457 e. The van der Waals surface area contributed by atoms with E-state index in [-0.39, 0.29) is 0 Å². The van der Waals surface area contributed by atoms with Gasteiger partial charge in [0.05, 0.1) is 0 Å². The number of para-hydroxylation sites is 1. The lowest BCUT2D eigenvalue weighted by molar-refractivity contribution is 0.478. The fourth-order valence-electron chi connectivity index (χ4n) is 1.68. The molecule has 0 radical (unpaired) electrons. The lowest BCUT2D eigenvalue weighted by Crippen LogP contribution is -1.90. The van der Waals surface area contributed by atoms with Crippen LogP contribution in [-0.2, 0) is 5.33 Å². The minimum absolute atomic E-state index is 0.878. The van der Waals surface area contributed by atoms with E-state index < -0.39 is 0 Å². The molecule has 0 atom stereocenters. The standard InChI is InChI=1S/C15H15BrO/c1-11-5-3-4-6-15(11)17-14-8-7-13(10-16)12(2)9-14/h3-9H,10H2,1-2H3. The van der Waals surface area contributed by atoms with Crippen molar-refractivity contribution in [1.82, 2.24) is 0 Å². The summed E-state index contributed by atoms with van der Waals surface area (Å²) < 4.78 is 5.87. The highest BCUT2D eigenvalue weighted by Gasteiger charge is 2.02.